The second kappa shape index (κ2) is 6.20. The van der Waals surface area contributed by atoms with Gasteiger partial charge in [0.2, 0.25) is 0 Å². The lowest BCUT2D eigenvalue weighted by atomic mass is 10.1. The zero-order chi connectivity index (χ0) is 16.7. The summed E-state index contributed by atoms with van der Waals surface area (Å²) in [7, 11) is 2.07. The minimum absolute atomic E-state index is 0.149. The van der Waals surface area contributed by atoms with Crippen LogP contribution in [0.25, 0.3) is 0 Å². The van der Waals surface area contributed by atoms with Gasteiger partial charge in [-0.3, -0.25) is 4.90 Å². The standard InChI is InChI=1S/C18H22N4OS/c1-12-9-14-17(22-8-7-21(2)13(10-22)11-23)19-15-5-3-4-6-16(15)20-18(14)24-12/h3-6,9,13,20,23H,7-8,10-11H2,1-2H3. The molecule has 126 valence electrons. The second-order valence-corrected chi connectivity index (χ2v) is 7.70. The molecular formula is C18H22N4OS. The Morgan fingerprint density at radius 1 is 1.33 bits per heavy atom. The molecule has 2 aromatic rings. The van der Waals surface area contributed by atoms with Crippen molar-refractivity contribution in [2.24, 2.45) is 4.99 Å². The molecule has 1 saturated heterocycles. The molecule has 6 heteroatoms. The lowest BCUT2D eigenvalue weighted by Gasteiger charge is -2.40. The van der Waals surface area contributed by atoms with Gasteiger partial charge in [-0.05, 0) is 32.2 Å². The van der Waals surface area contributed by atoms with Crippen LogP contribution in [0.1, 0.15) is 10.4 Å². The molecular weight excluding hydrogens is 320 g/mol. The van der Waals surface area contributed by atoms with Crippen LogP contribution in [-0.4, -0.2) is 60.1 Å². The number of para-hydroxylation sites is 2. The number of aliphatic hydroxyl groups is 1. The lowest BCUT2D eigenvalue weighted by molar-refractivity contribution is 0.0880. The third-order valence-corrected chi connectivity index (χ3v) is 5.73. The van der Waals surface area contributed by atoms with Gasteiger partial charge < -0.3 is 15.3 Å². The van der Waals surface area contributed by atoms with Gasteiger partial charge in [-0.2, -0.15) is 0 Å². The minimum atomic E-state index is 0.149. The average molecular weight is 342 g/mol. The number of nitrogens with one attached hydrogen (secondary N) is 1. The summed E-state index contributed by atoms with van der Waals surface area (Å²) in [5, 5.41) is 14.4. The highest BCUT2D eigenvalue weighted by molar-refractivity contribution is 7.16. The molecule has 1 aromatic carbocycles. The maximum absolute atomic E-state index is 9.67. The van der Waals surface area contributed by atoms with Crippen LogP contribution >= 0.6 is 11.3 Å². The summed E-state index contributed by atoms with van der Waals surface area (Å²) in [4.78, 5) is 10.8. The first-order chi connectivity index (χ1) is 11.7. The summed E-state index contributed by atoms with van der Waals surface area (Å²) in [6.45, 7) is 4.94. The van der Waals surface area contributed by atoms with Crippen LogP contribution in [-0.2, 0) is 0 Å². The molecule has 2 aliphatic heterocycles. The van der Waals surface area contributed by atoms with Gasteiger partial charge in [0.15, 0.2) is 0 Å². The Labute approximate surface area is 146 Å². The highest BCUT2D eigenvalue weighted by atomic mass is 32.1. The molecule has 0 bridgehead atoms. The quantitative estimate of drug-likeness (QED) is 0.837. The van der Waals surface area contributed by atoms with Crippen molar-refractivity contribution in [1.82, 2.24) is 9.80 Å². The number of rotatable bonds is 1. The molecule has 1 atom stereocenters. The molecule has 5 nitrogen and oxygen atoms in total. The Morgan fingerprint density at radius 3 is 3.00 bits per heavy atom. The molecule has 2 aliphatic rings. The molecule has 1 unspecified atom stereocenters. The van der Waals surface area contributed by atoms with Gasteiger partial charge in [0, 0.05) is 24.5 Å². The second-order valence-electron chi connectivity index (χ2n) is 6.44. The number of piperazine rings is 1. The number of nitrogens with zero attached hydrogens (tertiary/aromatic N) is 3. The predicted octanol–water partition coefficient (Wildman–Crippen LogP) is 2.80. The van der Waals surface area contributed by atoms with E-state index in [-0.39, 0.29) is 12.6 Å². The first-order valence-corrected chi connectivity index (χ1v) is 9.09. The van der Waals surface area contributed by atoms with Gasteiger partial charge in [0.25, 0.3) is 0 Å². The summed E-state index contributed by atoms with van der Waals surface area (Å²) in [6, 6.07) is 10.5. The maximum Gasteiger partial charge on any atom is 0.139 e. The number of fused-ring (bicyclic) bond motifs is 2. The number of aliphatic imine (C=N–C) groups is 1. The molecule has 1 fully saturated rings. The smallest absolute Gasteiger partial charge is 0.139 e. The number of aryl methyl sites for hydroxylation is 1. The molecule has 24 heavy (non-hydrogen) atoms. The number of benzene rings is 1. The zero-order valence-corrected chi connectivity index (χ0v) is 14.8. The van der Waals surface area contributed by atoms with Crippen LogP contribution in [0, 0.1) is 6.92 Å². The van der Waals surface area contributed by atoms with Gasteiger partial charge in [-0.1, -0.05) is 12.1 Å². The minimum Gasteiger partial charge on any atom is -0.395 e. The predicted molar refractivity (Wildman–Crippen MR) is 100 cm³/mol. The summed E-state index contributed by atoms with van der Waals surface area (Å²) < 4.78 is 0. The van der Waals surface area contributed by atoms with Gasteiger partial charge in [-0.15, -0.1) is 11.3 Å². The number of aliphatic hydroxyl groups excluding tert-OH is 1. The normalized spacial score (nSPS) is 20.7. The van der Waals surface area contributed by atoms with Crippen LogP contribution in [0.3, 0.4) is 0 Å². The maximum atomic E-state index is 9.67. The largest absolute Gasteiger partial charge is 0.395 e. The van der Waals surface area contributed by atoms with Gasteiger partial charge in [-0.25, -0.2) is 4.99 Å². The van der Waals surface area contributed by atoms with E-state index in [9.17, 15) is 5.11 Å². The first kappa shape index (κ1) is 15.6. The monoisotopic (exact) mass is 342 g/mol. The van der Waals surface area contributed by atoms with E-state index in [2.05, 4.69) is 41.2 Å². The Bertz CT molecular complexity index is 785. The van der Waals surface area contributed by atoms with E-state index >= 15 is 0 Å². The number of hydrogen-bond donors (Lipinski definition) is 2. The Kier molecular flexibility index (Phi) is 4.04. The lowest BCUT2D eigenvalue weighted by Crippen LogP contribution is -2.54. The van der Waals surface area contributed by atoms with E-state index in [0.29, 0.717) is 0 Å². The van der Waals surface area contributed by atoms with E-state index in [0.717, 1.165) is 47.4 Å². The molecule has 0 amide bonds. The summed E-state index contributed by atoms with van der Waals surface area (Å²) in [5.74, 6) is 1.01. The van der Waals surface area contributed by atoms with Gasteiger partial charge >= 0.3 is 0 Å². The summed E-state index contributed by atoms with van der Waals surface area (Å²) in [5.41, 5.74) is 3.17. The van der Waals surface area contributed by atoms with Crippen LogP contribution in [0.5, 0.6) is 0 Å². The highest BCUT2D eigenvalue weighted by Crippen LogP contribution is 2.39. The average Bonchev–Trinajstić information content (AvgIpc) is 2.87. The van der Waals surface area contributed by atoms with E-state index in [1.807, 2.05) is 18.2 Å². The van der Waals surface area contributed by atoms with Crippen molar-refractivity contribution < 1.29 is 5.11 Å². The number of amidine groups is 1. The topological polar surface area (TPSA) is 51.1 Å². The Hall–Kier alpha value is -1.89. The Morgan fingerprint density at radius 2 is 2.17 bits per heavy atom. The van der Waals surface area contributed by atoms with Crippen molar-refractivity contribution in [1.29, 1.82) is 0 Å². The third kappa shape index (κ3) is 2.70. The van der Waals surface area contributed by atoms with Crippen molar-refractivity contribution >= 4 is 33.5 Å². The van der Waals surface area contributed by atoms with E-state index < -0.39 is 0 Å². The third-order valence-electron chi connectivity index (χ3n) is 4.76. The Balaban J connectivity index is 1.78. The molecule has 0 spiro atoms. The molecule has 0 saturated carbocycles. The van der Waals surface area contributed by atoms with Crippen molar-refractivity contribution in [3.63, 3.8) is 0 Å². The molecule has 2 N–H and O–H groups in total. The van der Waals surface area contributed by atoms with Gasteiger partial charge in [0.05, 0.1) is 29.6 Å². The number of hydrogen-bond acceptors (Lipinski definition) is 6. The van der Waals surface area contributed by atoms with E-state index in [1.165, 1.54) is 4.88 Å². The summed E-state index contributed by atoms with van der Waals surface area (Å²) in [6.07, 6.45) is 0. The molecule has 0 radical (unpaired) electrons. The van der Waals surface area contributed by atoms with Crippen LogP contribution in [0.4, 0.5) is 16.4 Å². The fraction of sp³-hybridized carbons (Fsp3) is 0.389. The zero-order valence-electron chi connectivity index (χ0n) is 14.0. The van der Waals surface area contributed by atoms with Crippen molar-refractivity contribution in [3.8, 4) is 0 Å². The van der Waals surface area contributed by atoms with Crippen molar-refractivity contribution in [2.45, 2.75) is 13.0 Å². The molecule has 3 heterocycles. The molecule has 4 rings (SSSR count). The fourth-order valence-electron chi connectivity index (χ4n) is 3.32. The fourth-order valence-corrected chi connectivity index (χ4v) is 4.24. The van der Waals surface area contributed by atoms with Crippen LogP contribution < -0.4 is 5.32 Å². The SMILES string of the molecule is Cc1cc2c(s1)Nc1ccccc1N=C2N1CCN(C)C(CO)C1. The van der Waals surface area contributed by atoms with E-state index in [4.69, 9.17) is 4.99 Å². The number of likely N-dealkylation sites (N-methyl/N-ethyl adjacent to an activating group) is 1. The van der Waals surface area contributed by atoms with Crippen LogP contribution in [0.15, 0.2) is 35.3 Å². The first-order valence-electron chi connectivity index (χ1n) is 8.27. The van der Waals surface area contributed by atoms with Crippen molar-refractivity contribution in [3.05, 3.63) is 40.8 Å². The molecule has 1 aromatic heterocycles. The number of anilines is 2. The number of thiophene rings is 1. The van der Waals surface area contributed by atoms with Gasteiger partial charge in [0.1, 0.15) is 10.8 Å². The molecule has 0 aliphatic carbocycles. The van der Waals surface area contributed by atoms with Crippen LogP contribution in [0.2, 0.25) is 0 Å². The highest BCUT2D eigenvalue weighted by Gasteiger charge is 2.29. The summed E-state index contributed by atoms with van der Waals surface area (Å²) >= 11 is 1.76. The van der Waals surface area contributed by atoms with Crippen molar-refractivity contribution in [2.75, 3.05) is 38.6 Å². The van der Waals surface area contributed by atoms with E-state index in [1.54, 1.807) is 11.3 Å².